The van der Waals surface area contributed by atoms with Crippen LogP contribution in [0.15, 0.2) is 0 Å². The second kappa shape index (κ2) is 5.25. The van der Waals surface area contributed by atoms with Crippen LogP contribution in [0.4, 0.5) is 0 Å². The highest BCUT2D eigenvalue weighted by atomic mass is 16.5. The van der Waals surface area contributed by atoms with Gasteiger partial charge in [-0.3, -0.25) is 0 Å². The van der Waals surface area contributed by atoms with Crippen molar-refractivity contribution in [2.75, 3.05) is 26.4 Å². The first-order valence-electron chi connectivity index (χ1n) is 6.94. The average molecular weight is 241 g/mol. The number of ether oxygens (including phenoxy) is 2. The number of hydrogen-bond acceptors (Lipinski definition) is 3. The molecule has 0 spiro atoms. The average Bonchev–Trinajstić information content (AvgIpc) is 2.95. The van der Waals surface area contributed by atoms with Gasteiger partial charge in [0.05, 0.1) is 12.2 Å². The molecule has 2 rings (SSSR count). The summed E-state index contributed by atoms with van der Waals surface area (Å²) in [6.45, 7) is 10.1. The summed E-state index contributed by atoms with van der Waals surface area (Å²) in [5, 5.41) is 3.65. The van der Waals surface area contributed by atoms with E-state index in [0.717, 1.165) is 38.8 Å². The lowest BCUT2D eigenvalue weighted by Gasteiger charge is -2.29. The molecule has 17 heavy (non-hydrogen) atoms. The van der Waals surface area contributed by atoms with Crippen LogP contribution in [0.5, 0.6) is 0 Å². The lowest BCUT2D eigenvalue weighted by molar-refractivity contribution is -0.0200. The van der Waals surface area contributed by atoms with E-state index in [-0.39, 0.29) is 5.60 Å². The molecule has 1 aliphatic carbocycles. The molecule has 1 aliphatic heterocycles. The fraction of sp³-hybridized carbons (Fsp3) is 1.00. The molecule has 3 nitrogen and oxygen atoms in total. The molecule has 1 unspecified atom stereocenters. The second-order valence-electron chi connectivity index (χ2n) is 6.67. The highest BCUT2D eigenvalue weighted by molar-refractivity contribution is 4.90. The molecule has 2 fully saturated rings. The first kappa shape index (κ1) is 13.3. The summed E-state index contributed by atoms with van der Waals surface area (Å²) in [5.41, 5.74) is 0.304. The van der Waals surface area contributed by atoms with Crippen molar-refractivity contribution in [3.63, 3.8) is 0 Å². The van der Waals surface area contributed by atoms with Gasteiger partial charge in [-0.2, -0.15) is 0 Å². The molecule has 0 aromatic rings. The molecular weight excluding hydrogens is 214 g/mol. The van der Waals surface area contributed by atoms with Gasteiger partial charge in [0, 0.05) is 31.2 Å². The van der Waals surface area contributed by atoms with Crippen molar-refractivity contribution >= 4 is 0 Å². The number of rotatable bonds is 6. The van der Waals surface area contributed by atoms with Crippen molar-refractivity contribution in [1.82, 2.24) is 5.32 Å². The van der Waals surface area contributed by atoms with Crippen LogP contribution in [0.3, 0.4) is 0 Å². The van der Waals surface area contributed by atoms with Gasteiger partial charge in [0.2, 0.25) is 0 Å². The summed E-state index contributed by atoms with van der Waals surface area (Å²) in [4.78, 5) is 0. The summed E-state index contributed by atoms with van der Waals surface area (Å²) in [6, 6.07) is 0.788. The van der Waals surface area contributed by atoms with Gasteiger partial charge in [0.1, 0.15) is 0 Å². The van der Waals surface area contributed by atoms with Gasteiger partial charge in [0.25, 0.3) is 0 Å². The summed E-state index contributed by atoms with van der Waals surface area (Å²) in [7, 11) is 0. The Kier molecular flexibility index (Phi) is 4.11. The highest BCUT2D eigenvalue weighted by Gasteiger charge is 2.36. The quantitative estimate of drug-likeness (QED) is 0.774. The standard InChI is InChI=1S/C14H27NO2/c1-13(2,3)17-9-7-14(6-8-16-11-14)10-15-12-4-5-12/h12,15H,4-11H2,1-3H3. The van der Waals surface area contributed by atoms with E-state index in [1.165, 1.54) is 19.3 Å². The largest absolute Gasteiger partial charge is 0.381 e. The molecule has 1 atom stereocenters. The Bertz CT molecular complexity index is 237. The SMILES string of the molecule is CC(C)(C)OCCC1(CNC2CC2)CCOC1. The molecule has 100 valence electrons. The van der Waals surface area contributed by atoms with Gasteiger partial charge in [-0.15, -0.1) is 0 Å². The maximum atomic E-state index is 5.86. The Hall–Kier alpha value is -0.120. The minimum absolute atomic E-state index is 0.0232. The number of hydrogen-bond donors (Lipinski definition) is 1. The van der Waals surface area contributed by atoms with Crippen molar-refractivity contribution < 1.29 is 9.47 Å². The Labute approximate surface area is 105 Å². The van der Waals surface area contributed by atoms with Crippen LogP contribution in [0.25, 0.3) is 0 Å². The van der Waals surface area contributed by atoms with Gasteiger partial charge >= 0.3 is 0 Å². The van der Waals surface area contributed by atoms with Gasteiger partial charge in [-0.1, -0.05) is 0 Å². The smallest absolute Gasteiger partial charge is 0.0598 e. The molecule has 0 radical (unpaired) electrons. The zero-order valence-electron chi connectivity index (χ0n) is 11.6. The molecular formula is C14H27NO2. The molecule has 1 heterocycles. The third-order valence-corrected chi connectivity index (χ3v) is 3.70. The van der Waals surface area contributed by atoms with Crippen molar-refractivity contribution in [3.8, 4) is 0 Å². The highest BCUT2D eigenvalue weighted by Crippen LogP contribution is 2.33. The fourth-order valence-electron chi connectivity index (χ4n) is 2.30. The predicted octanol–water partition coefficient (Wildman–Crippen LogP) is 2.35. The monoisotopic (exact) mass is 241 g/mol. The minimum atomic E-state index is -0.0232. The molecule has 3 heteroatoms. The molecule has 0 aromatic carbocycles. The molecule has 2 aliphatic rings. The first-order valence-corrected chi connectivity index (χ1v) is 6.94. The molecule has 0 amide bonds. The van der Waals surface area contributed by atoms with Crippen LogP contribution >= 0.6 is 0 Å². The lowest BCUT2D eigenvalue weighted by Crippen LogP contribution is -2.37. The first-order chi connectivity index (χ1) is 7.99. The molecule has 1 N–H and O–H groups in total. The minimum Gasteiger partial charge on any atom is -0.381 e. The van der Waals surface area contributed by atoms with E-state index in [4.69, 9.17) is 9.47 Å². The van der Waals surface area contributed by atoms with Gasteiger partial charge < -0.3 is 14.8 Å². The van der Waals surface area contributed by atoms with Crippen LogP contribution in [-0.4, -0.2) is 38.0 Å². The number of nitrogens with one attached hydrogen (secondary N) is 1. The maximum absolute atomic E-state index is 5.86. The second-order valence-corrected chi connectivity index (χ2v) is 6.67. The lowest BCUT2D eigenvalue weighted by atomic mass is 9.84. The van der Waals surface area contributed by atoms with Gasteiger partial charge in [-0.25, -0.2) is 0 Å². The van der Waals surface area contributed by atoms with Crippen LogP contribution in [-0.2, 0) is 9.47 Å². The third kappa shape index (κ3) is 4.57. The van der Waals surface area contributed by atoms with E-state index in [9.17, 15) is 0 Å². The van der Waals surface area contributed by atoms with Gasteiger partial charge in [-0.05, 0) is 46.5 Å². The van der Waals surface area contributed by atoms with Gasteiger partial charge in [0.15, 0.2) is 0 Å². The van der Waals surface area contributed by atoms with Crippen molar-refractivity contribution in [2.45, 2.75) is 58.1 Å². The van der Waals surface area contributed by atoms with E-state index in [2.05, 4.69) is 26.1 Å². The Balaban J connectivity index is 1.74. The van der Waals surface area contributed by atoms with E-state index in [1.807, 2.05) is 0 Å². The van der Waals surface area contributed by atoms with Crippen LogP contribution in [0.1, 0.15) is 46.5 Å². The van der Waals surface area contributed by atoms with Crippen molar-refractivity contribution in [1.29, 1.82) is 0 Å². The summed E-state index contributed by atoms with van der Waals surface area (Å²) in [5.74, 6) is 0. The normalized spacial score (nSPS) is 29.8. The van der Waals surface area contributed by atoms with Crippen molar-refractivity contribution in [2.24, 2.45) is 5.41 Å². The Morgan fingerprint density at radius 1 is 1.35 bits per heavy atom. The zero-order chi connectivity index (χ0) is 12.4. The molecule has 0 bridgehead atoms. The zero-order valence-corrected chi connectivity index (χ0v) is 11.6. The molecule has 1 saturated heterocycles. The maximum Gasteiger partial charge on any atom is 0.0598 e. The predicted molar refractivity (Wildman–Crippen MR) is 69.2 cm³/mol. The van der Waals surface area contributed by atoms with Crippen LogP contribution in [0.2, 0.25) is 0 Å². The van der Waals surface area contributed by atoms with E-state index in [0.29, 0.717) is 5.41 Å². The molecule has 0 aromatic heterocycles. The molecule has 1 saturated carbocycles. The summed E-state index contributed by atoms with van der Waals surface area (Å²) >= 11 is 0. The van der Waals surface area contributed by atoms with E-state index >= 15 is 0 Å². The Morgan fingerprint density at radius 3 is 2.65 bits per heavy atom. The summed E-state index contributed by atoms with van der Waals surface area (Å²) in [6.07, 6.45) is 5.01. The van der Waals surface area contributed by atoms with E-state index < -0.39 is 0 Å². The van der Waals surface area contributed by atoms with Crippen LogP contribution < -0.4 is 5.32 Å². The van der Waals surface area contributed by atoms with Crippen molar-refractivity contribution in [3.05, 3.63) is 0 Å². The third-order valence-electron chi connectivity index (χ3n) is 3.70. The van der Waals surface area contributed by atoms with Crippen LogP contribution in [0, 0.1) is 5.41 Å². The fourth-order valence-corrected chi connectivity index (χ4v) is 2.30. The summed E-state index contributed by atoms with van der Waals surface area (Å²) < 4.78 is 11.5. The Morgan fingerprint density at radius 2 is 2.12 bits per heavy atom. The topological polar surface area (TPSA) is 30.5 Å². The van der Waals surface area contributed by atoms with E-state index in [1.54, 1.807) is 0 Å².